The fourth-order valence-electron chi connectivity index (χ4n) is 6.06. The lowest BCUT2D eigenvalue weighted by Gasteiger charge is -2.36. The van der Waals surface area contributed by atoms with Gasteiger partial charge in [-0.1, -0.05) is 12.1 Å². The lowest BCUT2D eigenvalue weighted by Crippen LogP contribution is -2.52. The van der Waals surface area contributed by atoms with Gasteiger partial charge in [-0.3, -0.25) is 29.6 Å². The van der Waals surface area contributed by atoms with Crippen LogP contribution in [0, 0.1) is 16.0 Å². The molecule has 0 saturated carbocycles. The van der Waals surface area contributed by atoms with Crippen LogP contribution in [-0.4, -0.2) is 51.3 Å². The van der Waals surface area contributed by atoms with Gasteiger partial charge in [0.05, 0.1) is 18.0 Å². The summed E-state index contributed by atoms with van der Waals surface area (Å²) < 4.78 is 5.49. The van der Waals surface area contributed by atoms with E-state index in [9.17, 15) is 19.7 Å². The zero-order chi connectivity index (χ0) is 25.0. The first-order chi connectivity index (χ1) is 17.5. The van der Waals surface area contributed by atoms with E-state index in [1.165, 1.54) is 18.3 Å². The molecule has 182 valence electrons. The Bertz CT molecular complexity index is 1380. The van der Waals surface area contributed by atoms with E-state index in [1.807, 2.05) is 12.1 Å². The average molecular weight is 503 g/mol. The molecule has 0 unspecified atom stereocenters. The van der Waals surface area contributed by atoms with Gasteiger partial charge in [-0.25, -0.2) is 0 Å². The average Bonchev–Trinajstić information content (AvgIpc) is 3.57. The number of ketones is 1. The van der Waals surface area contributed by atoms with E-state index in [-0.39, 0.29) is 29.3 Å². The monoisotopic (exact) mass is 502 g/mol. The van der Waals surface area contributed by atoms with Crippen LogP contribution in [-0.2, 0) is 10.3 Å². The molecule has 1 spiro atoms. The zero-order valence-corrected chi connectivity index (χ0v) is 20.1. The van der Waals surface area contributed by atoms with Crippen LogP contribution < -0.4 is 10.1 Å². The first-order valence-corrected chi connectivity index (χ1v) is 12.7. The Labute approximate surface area is 211 Å². The molecule has 2 aromatic carbocycles. The summed E-state index contributed by atoms with van der Waals surface area (Å²) in [6, 6.07) is 15.1. The maximum atomic E-state index is 14.3. The van der Waals surface area contributed by atoms with Crippen LogP contribution >= 0.6 is 11.8 Å². The number of Topliss-reactive ketones (excluding diaryl/α,β-unsaturated/α-hetero) is 1. The van der Waals surface area contributed by atoms with Gasteiger partial charge >= 0.3 is 0 Å². The van der Waals surface area contributed by atoms with E-state index in [0.29, 0.717) is 28.4 Å². The third-order valence-corrected chi connectivity index (χ3v) is 8.58. The van der Waals surface area contributed by atoms with Gasteiger partial charge in [0.25, 0.3) is 5.69 Å². The number of pyridine rings is 1. The van der Waals surface area contributed by atoms with Crippen LogP contribution in [0.2, 0.25) is 0 Å². The molecule has 0 radical (unpaired) electrons. The first kappa shape index (κ1) is 22.7. The molecule has 3 aliphatic heterocycles. The van der Waals surface area contributed by atoms with Gasteiger partial charge in [0, 0.05) is 64.9 Å². The SMILES string of the molecule is COc1ccc2c(c1)[C@]1(C(=O)N2)[C@H](C(=O)c2cccnc2)[C@H](c2ccc([N+](=O)[O-])cc2)[C@H]2CSCN21. The quantitative estimate of drug-likeness (QED) is 0.318. The standard InChI is InChI=1S/C26H22N4O5S/c1-35-18-8-9-20-19(11-18)26(25(32)28-20)23(24(31)16-3-2-10-27-12-16)22(21-13-36-14-29(21)26)15-4-6-17(7-5-15)30(33)34/h2-12,21-23H,13-14H2,1H3,(H,28,32)/t21-,22-,23+,26-/m1/s1. The van der Waals surface area contributed by atoms with Crippen molar-refractivity contribution < 1.29 is 19.2 Å². The molecule has 4 heterocycles. The van der Waals surface area contributed by atoms with Crippen LogP contribution in [0.4, 0.5) is 11.4 Å². The summed E-state index contributed by atoms with van der Waals surface area (Å²) in [6.07, 6.45) is 3.13. The molecule has 2 saturated heterocycles. The molecule has 2 fully saturated rings. The summed E-state index contributed by atoms with van der Waals surface area (Å²) in [5.74, 6) is 0.335. The highest BCUT2D eigenvalue weighted by atomic mass is 32.2. The van der Waals surface area contributed by atoms with Crippen molar-refractivity contribution in [2.45, 2.75) is 17.5 Å². The number of carbonyl (C=O) groups excluding carboxylic acids is 2. The molecule has 0 bridgehead atoms. The van der Waals surface area contributed by atoms with Crippen LogP contribution in [0.1, 0.15) is 27.4 Å². The van der Waals surface area contributed by atoms with Crippen molar-refractivity contribution in [1.29, 1.82) is 0 Å². The fraction of sp³-hybridized carbons (Fsp3) is 0.269. The van der Waals surface area contributed by atoms with E-state index < -0.39 is 16.4 Å². The van der Waals surface area contributed by atoms with Crippen LogP contribution in [0.25, 0.3) is 0 Å². The summed E-state index contributed by atoms with van der Waals surface area (Å²) in [5, 5.41) is 14.3. The molecular formula is C26H22N4O5S. The number of nitro benzene ring substituents is 1. The number of anilines is 1. The summed E-state index contributed by atoms with van der Waals surface area (Å²) in [6.45, 7) is 0. The van der Waals surface area contributed by atoms with Gasteiger partial charge in [-0.15, -0.1) is 11.8 Å². The van der Waals surface area contributed by atoms with Crippen molar-refractivity contribution in [2.75, 3.05) is 24.1 Å². The van der Waals surface area contributed by atoms with Crippen LogP contribution in [0.3, 0.4) is 0 Å². The smallest absolute Gasteiger partial charge is 0.269 e. The largest absolute Gasteiger partial charge is 0.497 e. The Morgan fingerprint density at radius 1 is 1.25 bits per heavy atom. The zero-order valence-electron chi connectivity index (χ0n) is 19.3. The lowest BCUT2D eigenvalue weighted by atomic mass is 9.69. The number of hydrogen-bond acceptors (Lipinski definition) is 8. The van der Waals surface area contributed by atoms with Crippen molar-refractivity contribution in [3.8, 4) is 5.75 Å². The summed E-state index contributed by atoms with van der Waals surface area (Å²) >= 11 is 1.71. The van der Waals surface area contributed by atoms with Gasteiger partial charge in [-0.2, -0.15) is 0 Å². The fourth-order valence-corrected chi connectivity index (χ4v) is 7.39. The number of non-ortho nitro benzene ring substituents is 1. The van der Waals surface area contributed by atoms with Gasteiger partial charge in [0.15, 0.2) is 5.78 Å². The van der Waals surface area contributed by atoms with Gasteiger partial charge in [0.1, 0.15) is 11.3 Å². The second kappa shape index (κ2) is 8.42. The number of hydrogen-bond donors (Lipinski definition) is 1. The number of methoxy groups -OCH3 is 1. The maximum absolute atomic E-state index is 14.3. The van der Waals surface area contributed by atoms with E-state index in [4.69, 9.17) is 4.74 Å². The Kier molecular flexibility index (Phi) is 5.31. The number of aromatic nitrogens is 1. The summed E-state index contributed by atoms with van der Waals surface area (Å²) in [4.78, 5) is 45.5. The van der Waals surface area contributed by atoms with E-state index in [1.54, 1.807) is 55.4 Å². The van der Waals surface area contributed by atoms with Crippen molar-refractivity contribution in [3.63, 3.8) is 0 Å². The molecule has 0 aliphatic carbocycles. The third kappa shape index (κ3) is 3.11. The number of benzene rings is 2. The molecule has 1 aromatic heterocycles. The summed E-state index contributed by atoms with van der Waals surface area (Å²) in [5.41, 5.74) is 1.31. The molecular weight excluding hydrogens is 480 g/mol. The molecule has 3 aromatic rings. The Hall–Kier alpha value is -3.76. The number of nitrogens with one attached hydrogen (secondary N) is 1. The minimum absolute atomic E-state index is 0.0204. The molecule has 10 heteroatoms. The minimum Gasteiger partial charge on any atom is -0.497 e. The second-order valence-electron chi connectivity index (χ2n) is 9.13. The highest BCUT2D eigenvalue weighted by Gasteiger charge is 2.69. The Morgan fingerprint density at radius 2 is 2.06 bits per heavy atom. The molecule has 1 N–H and O–H groups in total. The maximum Gasteiger partial charge on any atom is 0.269 e. The molecule has 4 atom stereocenters. The number of rotatable bonds is 5. The molecule has 3 aliphatic rings. The number of amides is 1. The number of thioether (sulfide) groups is 1. The minimum atomic E-state index is -1.25. The van der Waals surface area contributed by atoms with Crippen molar-refractivity contribution >= 4 is 34.8 Å². The third-order valence-electron chi connectivity index (χ3n) is 7.55. The number of fused-ring (bicyclic) bond motifs is 4. The highest BCUT2D eigenvalue weighted by Crippen LogP contribution is 2.61. The number of ether oxygens (including phenoxy) is 1. The Balaban J connectivity index is 1.60. The van der Waals surface area contributed by atoms with Crippen molar-refractivity contribution in [2.24, 2.45) is 5.92 Å². The molecule has 9 nitrogen and oxygen atoms in total. The van der Waals surface area contributed by atoms with E-state index in [0.717, 1.165) is 11.3 Å². The van der Waals surface area contributed by atoms with Crippen molar-refractivity contribution in [1.82, 2.24) is 9.88 Å². The molecule has 6 rings (SSSR count). The predicted molar refractivity (Wildman–Crippen MR) is 134 cm³/mol. The second-order valence-corrected chi connectivity index (χ2v) is 10.1. The van der Waals surface area contributed by atoms with Gasteiger partial charge in [-0.05, 0) is 35.9 Å². The van der Waals surface area contributed by atoms with E-state index in [2.05, 4.69) is 15.2 Å². The normalized spacial score (nSPS) is 26.5. The number of carbonyl (C=O) groups is 2. The number of nitrogens with zero attached hydrogens (tertiary/aromatic N) is 3. The first-order valence-electron chi connectivity index (χ1n) is 11.5. The van der Waals surface area contributed by atoms with Crippen LogP contribution in [0.5, 0.6) is 5.75 Å². The van der Waals surface area contributed by atoms with Crippen LogP contribution in [0.15, 0.2) is 67.0 Å². The number of nitro groups is 1. The Morgan fingerprint density at radius 3 is 2.75 bits per heavy atom. The topological polar surface area (TPSA) is 115 Å². The van der Waals surface area contributed by atoms with Gasteiger partial charge < -0.3 is 10.1 Å². The highest BCUT2D eigenvalue weighted by molar-refractivity contribution is 7.99. The van der Waals surface area contributed by atoms with E-state index >= 15 is 0 Å². The predicted octanol–water partition coefficient (Wildman–Crippen LogP) is 3.82. The molecule has 36 heavy (non-hydrogen) atoms. The van der Waals surface area contributed by atoms with Gasteiger partial charge in [0.2, 0.25) is 5.91 Å². The molecule has 1 amide bonds. The summed E-state index contributed by atoms with van der Waals surface area (Å²) in [7, 11) is 1.57. The van der Waals surface area contributed by atoms with Crippen molar-refractivity contribution in [3.05, 3.63) is 93.8 Å². The lowest BCUT2D eigenvalue weighted by molar-refractivity contribution is -0.384.